The van der Waals surface area contributed by atoms with Crippen LogP contribution in [0.4, 0.5) is 9.59 Å². The molecule has 4 amide bonds. The van der Waals surface area contributed by atoms with E-state index < -0.39 is 0 Å². The second-order valence-electron chi connectivity index (χ2n) is 8.96. The first-order valence-electron chi connectivity index (χ1n) is 11.1. The molecule has 3 heterocycles. The highest BCUT2D eigenvalue weighted by atomic mass is 16.2. The van der Waals surface area contributed by atoms with Gasteiger partial charge in [0.2, 0.25) is 0 Å². The number of likely N-dealkylation sites (tertiary alicyclic amines) is 1. The number of hydrogen-bond donors (Lipinski definition) is 3. The largest absolute Gasteiger partial charge is 0.367 e. The number of rotatable bonds is 4. The van der Waals surface area contributed by atoms with Gasteiger partial charge in [-0.15, -0.1) is 0 Å². The molecule has 0 aromatic heterocycles. The van der Waals surface area contributed by atoms with Crippen molar-refractivity contribution < 1.29 is 9.59 Å². The normalized spacial score (nSPS) is 22.9. The minimum atomic E-state index is -0.0315. The molecule has 3 aliphatic heterocycles. The van der Waals surface area contributed by atoms with Crippen LogP contribution in [0, 0.1) is 11.3 Å². The Bertz CT molecular complexity index is 944. The number of benzene rings is 1. The van der Waals surface area contributed by atoms with Gasteiger partial charge < -0.3 is 20.9 Å². The summed E-state index contributed by atoms with van der Waals surface area (Å²) in [5, 5.41) is 9.21. The lowest BCUT2D eigenvalue weighted by Gasteiger charge is -2.33. The van der Waals surface area contributed by atoms with Crippen LogP contribution in [-0.4, -0.2) is 48.0 Å². The van der Waals surface area contributed by atoms with Crippen molar-refractivity contribution in [3.05, 3.63) is 71.7 Å². The zero-order chi connectivity index (χ0) is 21.3. The molecule has 1 atom stereocenters. The highest BCUT2D eigenvalue weighted by Crippen LogP contribution is 2.59. The summed E-state index contributed by atoms with van der Waals surface area (Å²) in [4.78, 5) is 28.7. The standard InChI is InChI=1S/C24H29N5O2/c30-22(26-13-18-4-2-1-3-5-18)28-10-7-24(8-11-28)12-21(24)15-27-23(31)29-16-19-6-9-25-14-20(19)17-29/h1-6,9,14,16,21,25H,7-8,10-13,15,17H2,(H,26,30)(H,27,31). The number of nitrogens with one attached hydrogen (secondary N) is 3. The number of amides is 4. The van der Waals surface area contributed by atoms with E-state index in [0.717, 1.165) is 49.1 Å². The highest BCUT2D eigenvalue weighted by molar-refractivity contribution is 5.77. The zero-order valence-corrected chi connectivity index (χ0v) is 17.6. The van der Waals surface area contributed by atoms with Gasteiger partial charge >= 0.3 is 12.1 Å². The minimum absolute atomic E-state index is 0.0191. The maximum Gasteiger partial charge on any atom is 0.321 e. The summed E-state index contributed by atoms with van der Waals surface area (Å²) in [6.07, 6.45) is 10.9. The van der Waals surface area contributed by atoms with Crippen molar-refractivity contribution >= 4 is 12.1 Å². The molecular formula is C24H29N5O2. The monoisotopic (exact) mass is 419 g/mol. The average Bonchev–Trinajstić information content (AvgIpc) is 3.28. The summed E-state index contributed by atoms with van der Waals surface area (Å²) in [5.74, 6) is 0.518. The minimum Gasteiger partial charge on any atom is -0.367 e. The first-order chi connectivity index (χ1) is 15.1. The lowest BCUT2D eigenvalue weighted by molar-refractivity contribution is 0.159. The fourth-order valence-corrected chi connectivity index (χ4v) is 4.95. The molecule has 1 aliphatic carbocycles. The molecule has 1 saturated carbocycles. The van der Waals surface area contributed by atoms with Crippen molar-refractivity contribution in [1.29, 1.82) is 0 Å². The maximum atomic E-state index is 12.6. The molecule has 0 radical (unpaired) electrons. The van der Waals surface area contributed by atoms with Crippen molar-refractivity contribution in [3.8, 4) is 0 Å². The number of urea groups is 2. The molecule has 7 nitrogen and oxygen atoms in total. The SMILES string of the molecule is O=C(NCC1CC12CCN(C(=O)NCc1ccccc1)CC2)N1C=C2C=CNC=C2C1. The Morgan fingerprint density at radius 2 is 1.90 bits per heavy atom. The number of carbonyl (C=O) groups is 2. The number of nitrogens with zero attached hydrogens (tertiary/aromatic N) is 2. The first kappa shape index (κ1) is 19.7. The van der Waals surface area contributed by atoms with Crippen LogP contribution in [0.3, 0.4) is 0 Å². The van der Waals surface area contributed by atoms with E-state index in [4.69, 9.17) is 0 Å². The van der Waals surface area contributed by atoms with Gasteiger partial charge in [0.1, 0.15) is 0 Å². The highest BCUT2D eigenvalue weighted by Gasteiger charge is 2.54. The van der Waals surface area contributed by atoms with Gasteiger partial charge in [0.05, 0.1) is 6.54 Å². The molecule has 3 N–H and O–H groups in total. The van der Waals surface area contributed by atoms with E-state index in [1.165, 1.54) is 0 Å². The molecule has 1 unspecified atom stereocenters. The van der Waals surface area contributed by atoms with Crippen molar-refractivity contribution in [3.63, 3.8) is 0 Å². The van der Waals surface area contributed by atoms with Crippen molar-refractivity contribution in [2.75, 3.05) is 26.2 Å². The lowest BCUT2D eigenvalue weighted by atomic mass is 9.91. The van der Waals surface area contributed by atoms with E-state index in [1.807, 2.05) is 59.9 Å². The van der Waals surface area contributed by atoms with Crippen molar-refractivity contribution in [2.24, 2.45) is 11.3 Å². The fourth-order valence-electron chi connectivity index (χ4n) is 4.95. The summed E-state index contributed by atoms with van der Waals surface area (Å²) in [7, 11) is 0. The van der Waals surface area contributed by atoms with E-state index in [-0.39, 0.29) is 12.1 Å². The topological polar surface area (TPSA) is 76.7 Å². The molecule has 1 spiro atoms. The van der Waals surface area contributed by atoms with Gasteiger partial charge in [0.15, 0.2) is 0 Å². The molecule has 2 fully saturated rings. The van der Waals surface area contributed by atoms with Crippen LogP contribution in [-0.2, 0) is 6.54 Å². The predicted octanol–water partition coefficient (Wildman–Crippen LogP) is 2.91. The summed E-state index contributed by atoms with van der Waals surface area (Å²) in [5.41, 5.74) is 3.64. The summed E-state index contributed by atoms with van der Waals surface area (Å²) in [6, 6.07) is 9.97. The quantitative estimate of drug-likeness (QED) is 0.702. The van der Waals surface area contributed by atoms with Gasteiger partial charge in [-0.25, -0.2) is 9.59 Å². The third-order valence-electron chi connectivity index (χ3n) is 7.08. The number of hydrogen-bond acceptors (Lipinski definition) is 3. The summed E-state index contributed by atoms with van der Waals surface area (Å²) < 4.78 is 0. The Labute approximate surface area is 182 Å². The molecule has 31 heavy (non-hydrogen) atoms. The fraction of sp³-hybridized carbons (Fsp3) is 0.417. The van der Waals surface area contributed by atoms with Crippen LogP contribution in [0.5, 0.6) is 0 Å². The molecular weight excluding hydrogens is 390 g/mol. The van der Waals surface area contributed by atoms with E-state index in [0.29, 0.717) is 31.0 Å². The maximum absolute atomic E-state index is 12.6. The Hall–Kier alpha value is -3.22. The van der Waals surface area contributed by atoms with Crippen LogP contribution >= 0.6 is 0 Å². The number of dihydropyridines is 1. The number of carbonyl (C=O) groups excluding carboxylic acids is 2. The molecule has 1 aromatic rings. The lowest BCUT2D eigenvalue weighted by Crippen LogP contribution is -2.45. The van der Waals surface area contributed by atoms with Gasteiger partial charge in [-0.05, 0) is 53.4 Å². The molecule has 4 aliphatic rings. The molecule has 1 aromatic carbocycles. The number of fused-ring (bicyclic) bond motifs is 1. The van der Waals surface area contributed by atoms with E-state index in [9.17, 15) is 9.59 Å². The zero-order valence-electron chi connectivity index (χ0n) is 17.6. The smallest absolute Gasteiger partial charge is 0.321 e. The van der Waals surface area contributed by atoms with E-state index in [2.05, 4.69) is 16.0 Å². The number of allylic oxidation sites excluding steroid dienone is 1. The van der Waals surface area contributed by atoms with Crippen LogP contribution in [0.1, 0.15) is 24.8 Å². The predicted molar refractivity (Wildman–Crippen MR) is 119 cm³/mol. The van der Waals surface area contributed by atoms with Crippen LogP contribution < -0.4 is 16.0 Å². The molecule has 162 valence electrons. The van der Waals surface area contributed by atoms with Crippen molar-refractivity contribution in [2.45, 2.75) is 25.8 Å². The van der Waals surface area contributed by atoms with Gasteiger partial charge in [0.25, 0.3) is 0 Å². The van der Waals surface area contributed by atoms with Gasteiger partial charge in [-0.3, -0.25) is 4.90 Å². The first-order valence-corrected chi connectivity index (χ1v) is 11.1. The Kier molecular flexibility index (Phi) is 5.18. The van der Waals surface area contributed by atoms with Crippen LogP contribution in [0.2, 0.25) is 0 Å². The van der Waals surface area contributed by atoms with Gasteiger partial charge in [0, 0.05) is 44.8 Å². The van der Waals surface area contributed by atoms with Crippen LogP contribution in [0.25, 0.3) is 0 Å². The Morgan fingerprint density at radius 1 is 1.10 bits per heavy atom. The summed E-state index contributed by atoms with van der Waals surface area (Å²) in [6.45, 7) is 3.46. The third-order valence-corrected chi connectivity index (χ3v) is 7.08. The van der Waals surface area contributed by atoms with Gasteiger partial charge in [-0.2, -0.15) is 0 Å². The molecule has 7 heteroatoms. The Morgan fingerprint density at radius 3 is 2.68 bits per heavy atom. The van der Waals surface area contributed by atoms with Crippen molar-refractivity contribution in [1.82, 2.24) is 25.8 Å². The molecule has 5 rings (SSSR count). The molecule has 1 saturated heterocycles. The second kappa shape index (κ2) is 8.13. The average molecular weight is 420 g/mol. The van der Waals surface area contributed by atoms with E-state index in [1.54, 1.807) is 4.90 Å². The van der Waals surface area contributed by atoms with Crippen LogP contribution in [0.15, 0.2) is 66.2 Å². The van der Waals surface area contributed by atoms with Gasteiger partial charge in [-0.1, -0.05) is 30.3 Å². The second-order valence-corrected chi connectivity index (χ2v) is 8.96. The summed E-state index contributed by atoms with van der Waals surface area (Å²) >= 11 is 0. The number of piperidine rings is 1. The van der Waals surface area contributed by atoms with E-state index >= 15 is 0 Å². The third kappa shape index (κ3) is 4.17. The Balaban J connectivity index is 1.04. The molecule has 0 bridgehead atoms.